The van der Waals surface area contributed by atoms with Crippen LogP contribution in [0.1, 0.15) is 37.8 Å². The number of ether oxygens (including phenoxy) is 3. The van der Waals surface area contributed by atoms with E-state index in [1.54, 1.807) is 14.2 Å². The fraction of sp³-hybridized carbons (Fsp3) is 0.647. The molecule has 0 amide bonds. The minimum Gasteiger partial charge on any atom is -0.493 e. The lowest BCUT2D eigenvalue weighted by Gasteiger charge is -2.36. The molecule has 3 nitrogen and oxygen atoms in total. The zero-order valence-electron chi connectivity index (χ0n) is 13.4. The zero-order chi connectivity index (χ0) is 15.5. The van der Waals surface area contributed by atoms with Crippen LogP contribution in [0, 0.1) is 5.92 Å². The number of hydrogen-bond donors (Lipinski definition) is 0. The van der Waals surface area contributed by atoms with Gasteiger partial charge in [0.15, 0.2) is 11.5 Å². The molecule has 0 spiro atoms. The number of halogens is 1. The van der Waals surface area contributed by atoms with Gasteiger partial charge < -0.3 is 14.2 Å². The van der Waals surface area contributed by atoms with E-state index in [1.807, 2.05) is 0 Å². The van der Waals surface area contributed by atoms with E-state index in [9.17, 15) is 0 Å². The van der Waals surface area contributed by atoms with E-state index in [4.69, 9.17) is 25.8 Å². The molecule has 0 fully saturated rings. The first-order valence-corrected chi connectivity index (χ1v) is 8.05. The zero-order valence-corrected chi connectivity index (χ0v) is 14.1. The molecule has 2 unspecified atom stereocenters. The Bertz CT molecular complexity index is 489. The summed E-state index contributed by atoms with van der Waals surface area (Å²) in [6.07, 6.45) is 2.94. The number of methoxy groups -OCH3 is 2. The summed E-state index contributed by atoms with van der Waals surface area (Å²) in [5.41, 5.74) is 2.16. The molecular formula is C17H25ClO3. The van der Waals surface area contributed by atoms with Crippen molar-refractivity contribution in [3.8, 4) is 11.5 Å². The largest absolute Gasteiger partial charge is 0.493 e. The average molecular weight is 313 g/mol. The molecule has 0 aliphatic carbocycles. The molecule has 4 heteroatoms. The number of rotatable bonds is 5. The number of alkyl halides is 1. The summed E-state index contributed by atoms with van der Waals surface area (Å²) >= 11 is 5.95. The Kier molecular flexibility index (Phi) is 5.39. The van der Waals surface area contributed by atoms with Crippen LogP contribution in [0.25, 0.3) is 0 Å². The van der Waals surface area contributed by atoms with Gasteiger partial charge in [-0.25, -0.2) is 0 Å². The van der Waals surface area contributed by atoms with Crippen molar-refractivity contribution in [1.82, 2.24) is 0 Å². The number of fused-ring (bicyclic) bond motifs is 1. The van der Waals surface area contributed by atoms with Crippen molar-refractivity contribution in [3.63, 3.8) is 0 Å². The standard InChI is InChI=1S/C17H25ClO3/c1-12(7-8-18)17(2)14-11-16(20-4)15(19-3)10-13(14)6-5-9-21-17/h10-12H,5-9H2,1-4H3. The highest BCUT2D eigenvalue weighted by Crippen LogP contribution is 2.43. The van der Waals surface area contributed by atoms with Crippen molar-refractivity contribution < 1.29 is 14.2 Å². The topological polar surface area (TPSA) is 27.7 Å². The van der Waals surface area contributed by atoms with Gasteiger partial charge in [0.2, 0.25) is 0 Å². The van der Waals surface area contributed by atoms with Gasteiger partial charge in [0.25, 0.3) is 0 Å². The van der Waals surface area contributed by atoms with Gasteiger partial charge in [-0.2, -0.15) is 0 Å². The van der Waals surface area contributed by atoms with E-state index in [2.05, 4.69) is 26.0 Å². The summed E-state index contributed by atoms with van der Waals surface area (Å²) < 4.78 is 17.2. The summed E-state index contributed by atoms with van der Waals surface area (Å²) in [6.45, 7) is 5.14. The predicted molar refractivity (Wildman–Crippen MR) is 85.7 cm³/mol. The minimum atomic E-state index is -0.333. The molecule has 2 rings (SSSR count). The quantitative estimate of drug-likeness (QED) is 0.765. The molecule has 0 N–H and O–H groups in total. The molecule has 0 aromatic heterocycles. The molecule has 0 radical (unpaired) electrons. The molecule has 1 aromatic carbocycles. The van der Waals surface area contributed by atoms with Crippen LogP contribution in [0.3, 0.4) is 0 Å². The molecule has 0 bridgehead atoms. The van der Waals surface area contributed by atoms with Gasteiger partial charge in [0.1, 0.15) is 0 Å². The van der Waals surface area contributed by atoms with Gasteiger partial charge in [-0.05, 0) is 55.4 Å². The lowest BCUT2D eigenvalue weighted by atomic mass is 9.79. The minimum absolute atomic E-state index is 0.333. The number of benzene rings is 1. The fourth-order valence-electron chi connectivity index (χ4n) is 3.06. The van der Waals surface area contributed by atoms with Crippen molar-refractivity contribution in [2.75, 3.05) is 26.7 Å². The smallest absolute Gasteiger partial charge is 0.161 e. The van der Waals surface area contributed by atoms with Gasteiger partial charge in [0.05, 0.1) is 19.8 Å². The SMILES string of the molecule is COc1cc2c(cc1OC)C(C)(C(C)CCCl)OCCC2. The predicted octanol–water partition coefficient (Wildman–Crippen LogP) is 4.15. The van der Waals surface area contributed by atoms with Gasteiger partial charge in [0, 0.05) is 12.5 Å². The highest BCUT2D eigenvalue weighted by Gasteiger charge is 2.37. The summed E-state index contributed by atoms with van der Waals surface area (Å²) in [4.78, 5) is 0. The lowest BCUT2D eigenvalue weighted by Crippen LogP contribution is -2.34. The maximum absolute atomic E-state index is 6.25. The van der Waals surface area contributed by atoms with Crippen LogP contribution in [-0.4, -0.2) is 26.7 Å². The fourth-order valence-corrected chi connectivity index (χ4v) is 3.39. The Balaban J connectivity index is 2.53. The highest BCUT2D eigenvalue weighted by atomic mass is 35.5. The van der Waals surface area contributed by atoms with Gasteiger partial charge in [-0.3, -0.25) is 0 Å². The van der Waals surface area contributed by atoms with Crippen LogP contribution < -0.4 is 9.47 Å². The molecular weight excluding hydrogens is 288 g/mol. The Morgan fingerprint density at radius 3 is 2.57 bits per heavy atom. The second kappa shape index (κ2) is 6.89. The Morgan fingerprint density at radius 1 is 1.29 bits per heavy atom. The van der Waals surface area contributed by atoms with E-state index < -0.39 is 0 Å². The van der Waals surface area contributed by atoms with E-state index in [1.165, 1.54) is 11.1 Å². The summed E-state index contributed by atoms with van der Waals surface area (Å²) in [5.74, 6) is 2.52. The molecule has 2 atom stereocenters. The van der Waals surface area contributed by atoms with Crippen LogP contribution in [0.15, 0.2) is 12.1 Å². The summed E-state index contributed by atoms with van der Waals surface area (Å²) in [6, 6.07) is 4.17. The van der Waals surface area contributed by atoms with Crippen LogP contribution >= 0.6 is 11.6 Å². The van der Waals surface area contributed by atoms with E-state index >= 15 is 0 Å². The second-order valence-corrected chi connectivity index (χ2v) is 6.18. The number of hydrogen-bond acceptors (Lipinski definition) is 3. The van der Waals surface area contributed by atoms with E-state index in [0.717, 1.165) is 37.4 Å². The van der Waals surface area contributed by atoms with E-state index in [0.29, 0.717) is 11.8 Å². The first kappa shape index (κ1) is 16.4. The van der Waals surface area contributed by atoms with Crippen molar-refractivity contribution >= 4 is 11.6 Å². The van der Waals surface area contributed by atoms with Gasteiger partial charge >= 0.3 is 0 Å². The normalized spacial score (nSPS) is 23.1. The highest BCUT2D eigenvalue weighted by molar-refractivity contribution is 6.17. The van der Waals surface area contributed by atoms with Gasteiger partial charge in [-0.1, -0.05) is 6.92 Å². The Hall–Kier alpha value is -0.930. The van der Waals surface area contributed by atoms with Crippen molar-refractivity contribution in [3.05, 3.63) is 23.3 Å². The molecule has 1 aromatic rings. The van der Waals surface area contributed by atoms with Crippen LogP contribution in [0.5, 0.6) is 11.5 Å². The maximum Gasteiger partial charge on any atom is 0.161 e. The summed E-state index contributed by atoms with van der Waals surface area (Å²) in [7, 11) is 3.34. The lowest BCUT2D eigenvalue weighted by molar-refractivity contribution is -0.0728. The second-order valence-electron chi connectivity index (χ2n) is 5.80. The van der Waals surface area contributed by atoms with E-state index in [-0.39, 0.29) is 5.60 Å². The average Bonchev–Trinajstić information content (AvgIpc) is 2.66. The first-order chi connectivity index (χ1) is 10.1. The Morgan fingerprint density at radius 2 is 1.95 bits per heavy atom. The molecule has 118 valence electrons. The van der Waals surface area contributed by atoms with Crippen molar-refractivity contribution in [1.29, 1.82) is 0 Å². The van der Waals surface area contributed by atoms with Crippen molar-refractivity contribution in [2.24, 2.45) is 5.92 Å². The number of aryl methyl sites for hydroxylation is 1. The third-order valence-corrected chi connectivity index (χ3v) is 4.84. The van der Waals surface area contributed by atoms with Crippen LogP contribution in [0.2, 0.25) is 0 Å². The molecule has 21 heavy (non-hydrogen) atoms. The van der Waals surface area contributed by atoms with Gasteiger partial charge in [-0.15, -0.1) is 11.6 Å². The molecule has 1 heterocycles. The summed E-state index contributed by atoms with van der Waals surface area (Å²) in [5, 5.41) is 0. The third-order valence-electron chi connectivity index (χ3n) is 4.62. The Labute approximate surface area is 132 Å². The molecule has 0 saturated carbocycles. The van der Waals surface area contributed by atoms with Crippen LogP contribution in [-0.2, 0) is 16.8 Å². The maximum atomic E-state index is 6.25. The van der Waals surface area contributed by atoms with Crippen LogP contribution in [0.4, 0.5) is 0 Å². The molecule has 1 aliphatic rings. The first-order valence-electron chi connectivity index (χ1n) is 7.52. The molecule has 1 aliphatic heterocycles. The third kappa shape index (κ3) is 3.14. The van der Waals surface area contributed by atoms with Crippen molar-refractivity contribution in [2.45, 2.75) is 38.7 Å². The monoisotopic (exact) mass is 312 g/mol. The molecule has 0 saturated heterocycles.